The van der Waals surface area contributed by atoms with Crippen LogP contribution in [0.5, 0.6) is 11.8 Å². The molecule has 18 heteroatoms. The first kappa shape index (κ1) is 41.0. The molecule has 56 heavy (non-hydrogen) atoms. The van der Waals surface area contributed by atoms with Gasteiger partial charge in [0, 0.05) is 42.0 Å². The molecule has 2 saturated heterocycles. The summed E-state index contributed by atoms with van der Waals surface area (Å²) in [5.74, 6) is -2.15. The topological polar surface area (TPSA) is 139 Å². The molecule has 2 aromatic carbocycles. The molecular weight excluding hydrogens is 782 g/mol. The zero-order chi connectivity index (χ0) is 40.5. The zero-order valence-electron chi connectivity index (χ0n) is 30.5. The van der Waals surface area contributed by atoms with Crippen molar-refractivity contribution in [3.8, 4) is 29.0 Å². The molecule has 3 aliphatic heterocycles. The Morgan fingerprint density at radius 2 is 1.93 bits per heavy atom. The monoisotopic (exact) mass is 820 g/mol. The smallest absolute Gasteiger partial charge is 0.420 e. The Hall–Kier alpha value is -4.66. The van der Waals surface area contributed by atoms with E-state index in [1.165, 1.54) is 50.0 Å². The minimum Gasteiger partial charge on any atom is -0.490 e. The first-order valence-corrected chi connectivity index (χ1v) is 19.0. The normalized spacial score (nSPS) is 18.8. The number of ether oxygens (including phenoxy) is 2. The summed E-state index contributed by atoms with van der Waals surface area (Å²) in [5, 5.41) is 9.63. The Balaban J connectivity index is 0.000000340. The van der Waals surface area contributed by atoms with E-state index in [-0.39, 0.29) is 47.4 Å². The molecular formula is C38H39ClF6N8O2S. The number of thioether (sulfide) groups is 1. The summed E-state index contributed by atoms with van der Waals surface area (Å²) in [6.07, 6.45) is 1.89. The lowest BCUT2D eigenvalue weighted by Crippen LogP contribution is -2.28. The Bertz CT molecular complexity index is 2170. The van der Waals surface area contributed by atoms with E-state index in [0.29, 0.717) is 29.9 Å². The molecule has 2 atom stereocenters. The molecule has 0 spiro atoms. The minimum atomic E-state index is -5.22. The van der Waals surface area contributed by atoms with Crippen molar-refractivity contribution in [2.45, 2.75) is 68.9 Å². The van der Waals surface area contributed by atoms with Gasteiger partial charge in [0.1, 0.15) is 53.1 Å². The van der Waals surface area contributed by atoms with Gasteiger partial charge in [-0.3, -0.25) is 4.90 Å². The molecule has 0 amide bonds. The number of fused-ring (bicyclic) bond motifs is 1. The fourth-order valence-corrected chi connectivity index (χ4v) is 7.76. The standard InChI is InChI=1S/C27H19ClF5N7O2S.C7H12FN.C4H8/c1-11(35)43-23-15(8-34)14(3-4-16(23)29)17-19(27(31,32)33)22-18-21(20(17)30)38-26(41-2)39-25(18)40(5-6-42-22)10-12-7-13(28)9-37-24(12)36;8-6-4-7-2-1-3-9(7)5-6;1-4-2-3-4/h3-4,7,9H,1,5-6,10,35H2,2H3,(H2,36,37);6-7H,1-5H2;4H,2-3H2,1H3. The van der Waals surface area contributed by atoms with E-state index in [0.717, 1.165) is 31.0 Å². The van der Waals surface area contributed by atoms with Gasteiger partial charge in [-0.25, -0.2) is 18.2 Å². The molecule has 5 heterocycles. The number of pyridine rings is 1. The summed E-state index contributed by atoms with van der Waals surface area (Å²) in [6, 6.07) is 5.14. The first-order chi connectivity index (χ1) is 26.6. The number of hydrogen-bond acceptors (Lipinski definition) is 11. The maximum Gasteiger partial charge on any atom is 0.420 e. The van der Waals surface area contributed by atoms with Gasteiger partial charge in [-0.05, 0) is 49.9 Å². The number of nitrogen functional groups attached to an aromatic ring is 1. The zero-order valence-corrected chi connectivity index (χ0v) is 32.1. The summed E-state index contributed by atoms with van der Waals surface area (Å²) in [6.45, 7) is 7.21. The second kappa shape index (κ2) is 16.8. The van der Waals surface area contributed by atoms with Crippen molar-refractivity contribution in [2.24, 2.45) is 11.7 Å². The summed E-state index contributed by atoms with van der Waals surface area (Å²) < 4.78 is 99.5. The van der Waals surface area contributed by atoms with Crippen molar-refractivity contribution >= 4 is 45.9 Å². The van der Waals surface area contributed by atoms with Crippen LogP contribution in [0.25, 0.3) is 22.0 Å². The Kier molecular flexibility index (Phi) is 12.3. The first-order valence-electron chi connectivity index (χ1n) is 17.8. The molecule has 2 aromatic heterocycles. The number of halogens is 7. The van der Waals surface area contributed by atoms with E-state index in [2.05, 4.69) is 33.4 Å². The molecule has 4 aliphatic rings. The van der Waals surface area contributed by atoms with Crippen LogP contribution >= 0.6 is 23.4 Å². The van der Waals surface area contributed by atoms with Crippen molar-refractivity contribution in [1.29, 1.82) is 5.26 Å². The van der Waals surface area contributed by atoms with Gasteiger partial charge < -0.3 is 25.8 Å². The lowest BCUT2D eigenvalue weighted by Gasteiger charge is -2.24. The van der Waals surface area contributed by atoms with Crippen LogP contribution in [0, 0.1) is 28.9 Å². The number of alkyl halides is 4. The van der Waals surface area contributed by atoms with Gasteiger partial charge in [0.05, 0.1) is 39.6 Å². The number of hydrogen-bond donors (Lipinski definition) is 2. The molecule has 1 saturated carbocycles. The third-order valence-electron chi connectivity index (χ3n) is 9.75. The highest BCUT2D eigenvalue weighted by atomic mass is 35.5. The molecule has 4 aromatic rings. The number of benzene rings is 2. The summed E-state index contributed by atoms with van der Waals surface area (Å²) >= 11 is 6.59. The second-order valence-electron chi connectivity index (χ2n) is 13.9. The lowest BCUT2D eigenvalue weighted by atomic mass is 9.92. The minimum absolute atomic E-state index is 0.0243. The highest BCUT2D eigenvalue weighted by molar-refractivity contribution is 8.03. The SMILES string of the molecule is C=C(N)Sc1c(F)ccc(-c2c(C(F)(F)F)c3c4c(nc(OC)nc4c2F)N(Cc2cc(Cl)cnc2N)CCO3)c1C#N.CC1CC1.FC1CC2CCCN2C1. The molecule has 2 unspecified atom stereocenters. The lowest BCUT2D eigenvalue weighted by molar-refractivity contribution is -0.138. The molecule has 298 valence electrons. The van der Waals surface area contributed by atoms with Gasteiger partial charge in [-0.15, -0.1) is 0 Å². The number of rotatable bonds is 6. The number of methoxy groups -OCH3 is 1. The number of anilines is 2. The number of nitrogens with zero attached hydrogens (tertiary/aromatic N) is 6. The Morgan fingerprint density at radius 3 is 2.55 bits per heavy atom. The van der Waals surface area contributed by atoms with Crippen LogP contribution in [0.2, 0.25) is 5.02 Å². The molecule has 4 N–H and O–H groups in total. The Morgan fingerprint density at radius 1 is 1.20 bits per heavy atom. The third kappa shape index (κ3) is 8.82. The predicted octanol–water partition coefficient (Wildman–Crippen LogP) is 8.63. The van der Waals surface area contributed by atoms with Gasteiger partial charge in [0.15, 0.2) is 5.82 Å². The highest BCUT2D eigenvalue weighted by Crippen LogP contribution is 2.52. The van der Waals surface area contributed by atoms with Crippen molar-refractivity contribution in [3.63, 3.8) is 0 Å². The van der Waals surface area contributed by atoms with Gasteiger partial charge in [-0.1, -0.05) is 49.7 Å². The third-order valence-corrected chi connectivity index (χ3v) is 10.8. The van der Waals surface area contributed by atoms with Gasteiger partial charge in [0.2, 0.25) is 0 Å². The average molecular weight is 821 g/mol. The van der Waals surface area contributed by atoms with Gasteiger partial charge in [0.25, 0.3) is 0 Å². The number of nitrogens with two attached hydrogens (primary N) is 2. The van der Waals surface area contributed by atoms with Crippen LogP contribution in [0.3, 0.4) is 0 Å². The van der Waals surface area contributed by atoms with Crippen LogP contribution in [0.1, 0.15) is 55.7 Å². The molecule has 1 aliphatic carbocycles. The molecule has 0 bridgehead atoms. The van der Waals surface area contributed by atoms with E-state index in [1.54, 1.807) is 6.07 Å². The maximum atomic E-state index is 16.6. The fourth-order valence-electron chi connectivity index (χ4n) is 6.89. The predicted molar refractivity (Wildman–Crippen MR) is 203 cm³/mol. The summed E-state index contributed by atoms with van der Waals surface area (Å²) in [7, 11) is 1.20. The van der Waals surface area contributed by atoms with Crippen molar-refractivity contribution in [2.75, 3.05) is 44.0 Å². The second-order valence-corrected chi connectivity index (χ2v) is 15.5. The van der Waals surface area contributed by atoms with Crippen LogP contribution in [0.15, 0.2) is 40.9 Å². The summed E-state index contributed by atoms with van der Waals surface area (Å²) in [5.41, 5.74) is 7.66. The highest BCUT2D eigenvalue weighted by Gasteiger charge is 2.44. The molecule has 8 rings (SSSR count). The van der Waals surface area contributed by atoms with Crippen molar-refractivity contribution < 1.29 is 35.8 Å². The van der Waals surface area contributed by atoms with Crippen LogP contribution in [-0.4, -0.2) is 65.4 Å². The quantitative estimate of drug-likeness (QED) is 0.143. The molecule has 3 fully saturated rings. The van der Waals surface area contributed by atoms with E-state index < -0.39 is 67.8 Å². The maximum absolute atomic E-state index is 16.6. The molecule has 0 radical (unpaired) electrons. The number of nitriles is 1. The van der Waals surface area contributed by atoms with Gasteiger partial charge in [-0.2, -0.15) is 28.4 Å². The van der Waals surface area contributed by atoms with Crippen LogP contribution < -0.4 is 25.8 Å². The largest absolute Gasteiger partial charge is 0.490 e. The number of aromatic nitrogens is 3. The summed E-state index contributed by atoms with van der Waals surface area (Å²) in [4.78, 5) is 15.6. The van der Waals surface area contributed by atoms with E-state index >= 15 is 4.39 Å². The van der Waals surface area contributed by atoms with E-state index in [4.69, 9.17) is 32.5 Å². The van der Waals surface area contributed by atoms with Crippen molar-refractivity contribution in [3.05, 3.63) is 69.4 Å². The molecule has 10 nitrogen and oxygen atoms in total. The average Bonchev–Trinajstić information content (AvgIpc) is 3.73. The van der Waals surface area contributed by atoms with Gasteiger partial charge >= 0.3 is 12.2 Å². The van der Waals surface area contributed by atoms with Crippen molar-refractivity contribution in [1.82, 2.24) is 19.9 Å². The van der Waals surface area contributed by atoms with E-state index in [1.807, 2.05) is 0 Å². The Labute approximate surface area is 328 Å². The van der Waals surface area contributed by atoms with Crippen LogP contribution in [0.4, 0.5) is 38.0 Å². The van der Waals surface area contributed by atoms with E-state index in [9.17, 15) is 27.2 Å². The van der Waals surface area contributed by atoms with Crippen LogP contribution in [-0.2, 0) is 12.7 Å². The fraction of sp³-hybridized carbons (Fsp3) is 0.421.